The van der Waals surface area contributed by atoms with Gasteiger partial charge in [0, 0.05) is 16.8 Å². The number of para-hydroxylation sites is 1. The zero-order valence-corrected chi connectivity index (χ0v) is 15.3. The molecule has 0 aliphatic heterocycles. The number of nitrogens with zero attached hydrogens (tertiary/aromatic N) is 2. The fourth-order valence-corrected chi connectivity index (χ4v) is 2.88. The summed E-state index contributed by atoms with van der Waals surface area (Å²) in [7, 11) is 0. The van der Waals surface area contributed by atoms with Gasteiger partial charge in [0.1, 0.15) is 5.75 Å². The van der Waals surface area contributed by atoms with Crippen LogP contribution in [0.2, 0.25) is 0 Å². The second-order valence-corrected chi connectivity index (χ2v) is 5.99. The molecule has 26 heavy (non-hydrogen) atoms. The van der Waals surface area contributed by atoms with Crippen LogP contribution in [0.25, 0.3) is 11.8 Å². The van der Waals surface area contributed by atoms with Crippen LogP contribution >= 0.6 is 0 Å². The molecule has 0 unspecified atom stereocenters. The van der Waals surface area contributed by atoms with Crippen molar-refractivity contribution in [2.45, 2.75) is 20.8 Å². The van der Waals surface area contributed by atoms with Crippen molar-refractivity contribution in [1.82, 2.24) is 9.78 Å². The minimum Gasteiger partial charge on any atom is -0.494 e. The van der Waals surface area contributed by atoms with Gasteiger partial charge < -0.3 is 4.74 Å². The lowest BCUT2D eigenvalue weighted by atomic mass is 10.1. The van der Waals surface area contributed by atoms with E-state index in [2.05, 4.69) is 5.10 Å². The normalized spacial score (nSPS) is 11.0. The number of ketones is 1. The Morgan fingerprint density at radius 3 is 2.62 bits per heavy atom. The van der Waals surface area contributed by atoms with E-state index in [0.717, 1.165) is 22.6 Å². The van der Waals surface area contributed by atoms with Crippen molar-refractivity contribution in [2.75, 3.05) is 6.61 Å². The number of allylic oxidation sites excluding steroid dienone is 1. The van der Waals surface area contributed by atoms with E-state index in [0.29, 0.717) is 17.9 Å². The van der Waals surface area contributed by atoms with Crippen molar-refractivity contribution >= 4 is 11.9 Å². The lowest BCUT2D eigenvalue weighted by molar-refractivity contribution is 0.104. The van der Waals surface area contributed by atoms with Gasteiger partial charge in [0.15, 0.2) is 5.78 Å². The molecular formula is C22H22N2O2. The van der Waals surface area contributed by atoms with Gasteiger partial charge in [-0.25, -0.2) is 4.68 Å². The fourth-order valence-electron chi connectivity index (χ4n) is 2.88. The van der Waals surface area contributed by atoms with Crippen LogP contribution in [0.5, 0.6) is 5.75 Å². The third-order valence-electron chi connectivity index (χ3n) is 4.18. The summed E-state index contributed by atoms with van der Waals surface area (Å²) >= 11 is 0. The van der Waals surface area contributed by atoms with E-state index in [1.807, 2.05) is 74.0 Å². The third-order valence-corrected chi connectivity index (χ3v) is 4.18. The Morgan fingerprint density at radius 1 is 1.12 bits per heavy atom. The summed E-state index contributed by atoms with van der Waals surface area (Å²) in [5.41, 5.74) is 4.46. The number of benzene rings is 2. The first-order valence-electron chi connectivity index (χ1n) is 8.67. The van der Waals surface area contributed by atoms with E-state index in [4.69, 9.17) is 4.74 Å². The van der Waals surface area contributed by atoms with E-state index in [1.54, 1.807) is 18.2 Å². The largest absolute Gasteiger partial charge is 0.494 e. The van der Waals surface area contributed by atoms with E-state index in [1.165, 1.54) is 0 Å². The molecule has 132 valence electrons. The molecule has 1 heterocycles. The fraction of sp³-hybridized carbons (Fsp3) is 0.182. The summed E-state index contributed by atoms with van der Waals surface area (Å²) in [5, 5.41) is 4.60. The van der Waals surface area contributed by atoms with Gasteiger partial charge in [0.25, 0.3) is 0 Å². The average molecular weight is 346 g/mol. The summed E-state index contributed by atoms with van der Waals surface area (Å²) in [6, 6.07) is 17.2. The first kappa shape index (κ1) is 17.7. The lowest BCUT2D eigenvalue weighted by Crippen LogP contribution is -1.98. The van der Waals surface area contributed by atoms with E-state index >= 15 is 0 Å². The monoisotopic (exact) mass is 346 g/mol. The summed E-state index contributed by atoms with van der Waals surface area (Å²) < 4.78 is 7.36. The first-order valence-corrected chi connectivity index (χ1v) is 8.67. The molecule has 0 bridgehead atoms. The summed E-state index contributed by atoms with van der Waals surface area (Å²) in [6.07, 6.45) is 3.43. The molecular weight excluding hydrogens is 324 g/mol. The SMILES string of the molecule is CCOc1cccc(C(=O)/C=C/c2c(C)nn(-c3ccccc3)c2C)c1. The molecule has 0 amide bonds. The molecule has 0 aliphatic carbocycles. The molecule has 0 saturated heterocycles. The predicted octanol–water partition coefficient (Wildman–Crippen LogP) is 4.78. The molecule has 4 nitrogen and oxygen atoms in total. The Hall–Kier alpha value is -3.14. The second-order valence-electron chi connectivity index (χ2n) is 5.99. The highest BCUT2D eigenvalue weighted by atomic mass is 16.5. The van der Waals surface area contributed by atoms with Gasteiger partial charge in [-0.2, -0.15) is 5.10 Å². The summed E-state index contributed by atoms with van der Waals surface area (Å²) in [5.74, 6) is 0.647. The lowest BCUT2D eigenvalue weighted by Gasteiger charge is -2.04. The van der Waals surface area contributed by atoms with E-state index < -0.39 is 0 Å². The molecule has 3 aromatic rings. The molecule has 3 rings (SSSR count). The maximum Gasteiger partial charge on any atom is 0.185 e. The van der Waals surface area contributed by atoms with Crippen LogP contribution in [0, 0.1) is 13.8 Å². The minimum atomic E-state index is -0.0576. The Bertz CT molecular complexity index is 940. The van der Waals surface area contributed by atoms with E-state index in [9.17, 15) is 4.79 Å². The van der Waals surface area contributed by atoms with Crippen molar-refractivity contribution in [2.24, 2.45) is 0 Å². The highest BCUT2D eigenvalue weighted by molar-refractivity contribution is 6.07. The van der Waals surface area contributed by atoms with Gasteiger partial charge in [0.05, 0.1) is 18.0 Å². The Morgan fingerprint density at radius 2 is 1.88 bits per heavy atom. The minimum absolute atomic E-state index is 0.0576. The summed E-state index contributed by atoms with van der Waals surface area (Å²) in [6.45, 7) is 6.45. The standard InChI is InChI=1S/C22H22N2O2/c1-4-26-20-12-8-9-18(15-20)22(25)14-13-21-16(2)23-24(17(21)3)19-10-6-5-7-11-19/h5-15H,4H2,1-3H3/b14-13+. The zero-order chi connectivity index (χ0) is 18.5. The molecule has 2 aromatic carbocycles. The van der Waals surface area contributed by atoms with Crippen LogP contribution in [0.1, 0.15) is 34.2 Å². The molecule has 0 N–H and O–H groups in total. The van der Waals surface area contributed by atoms with Gasteiger partial charge in [-0.05, 0) is 57.2 Å². The predicted molar refractivity (Wildman–Crippen MR) is 104 cm³/mol. The quantitative estimate of drug-likeness (QED) is 0.476. The van der Waals surface area contributed by atoms with Crippen LogP contribution in [-0.2, 0) is 0 Å². The maximum atomic E-state index is 12.5. The number of hydrogen-bond acceptors (Lipinski definition) is 3. The topological polar surface area (TPSA) is 44.1 Å². The molecule has 0 saturated carbocycles. The van der Waals surface area contributed by atoms with Crippen molar-refractivity contribution < 1.29 is 9.53 Å². The smallest absolute Gasteiger partial charge is 0.185 e. The highest BCUT2D eigenvalue weighted by Crippen LogP contribution is 2.20. The van der Waals surface area contributed by atoms with Gasteiger partial charge in [-0.15, -0.1) is 0 Å². The number of carbonyl (C=O) groups is 1. The van der Waals surface area contributed by atoms with Crippen LogP contribution in [0.3, 0.4) is 0 Å². The number of carbonyl (C=O) groups excluding carboxylic acids is 1. The molecule has 0 spiro atoms. The Kier molecular flexibility index (Phi) is 5.32. The van der Waals surface area contributed by atoms with Gasteiger partial charge in [0.2, 0.25) is 0 Å². The van der Waals surface area contributed by atoms with Crippen molar-refractivity contribution in [3.8, 4) is 11.4 Å². The summed E-state index contributed by atoms with van der Waals surface area (Å²) in [4.78, 5) is 12.5. The van der Waals surface area contributed by atoms with Crippen LogP contribution in [0.4, 0.5) is 0 Å². The first-order chi connectivity index (χ1) is 12.6. The number of ether oxygens (including phenoxy) is 1. The number of rotatable bonds is 6. The van der Waals surface area contributed by atoms with Crippen molar-refractivity contribution in [3.05, 3.63) is 83.2 Å². The Labute approximate surface area is 153 Å². The molecule has 1 aromatic heterocycles. The van der Waals surface area contributed by atoms with E-state index in [-0.39, 0.29) is 5.78 Å². The Balaban J connectivity index is 1.86. The molecule has 0 aliphatic rings. The van der Waals surface area contributed by atoms with Crippen molar-refractivity contribution in [3.63, 3.8) is 0 Å². The van der Waals surface area contributed by atoms with Crippen molar-refractivity contribution in [1.29, 1.82) is 0 Å². The number of aromatic nitrogens is 2. The van der Waals surface area contributed by atoms with Gasteiger partial charge >= 0.3 is 0 Å². The third kappa shape index (κ3) is 3.75. The molecule has 0 fully saturated rings. The van der Waals surface area contributed by atoms with Gasteiger partial charge in [-0.3, -0.25) is 4.79 Å². The van der Waals surface area contributed by atoms with Gasteiger partial charge in [-0.1, -0.05) is 30.3 Å². The molecule has 4 heteroatoms. The zero-order valence-electron chi connectivity index (χ0n) is 15.3. The maximum absolute atomic E-state index is 12.5. The second kappa shape index (κ2) is 7.83. The highest BCUT2D eigenvalue weighted by Gasteiger charge is 2.11. The number of aryl methyl sites for hydroxylation is 1. The van der Waals surface area contributed by atoms with Crippen LogP contribution in [0.15, 0.2) is 60.7 Å². The average Bonchev–Trinajstić information content (AvgIpc) is 2.95. The molecule has 0 radical (unpaired) electrons. The van der Waals surface area contributed by atoms with Crippen LogP contribution in [-0.4, -0.2) is 22.2 Å². The molecule has 0 atom stereocenters. The number of hydrogen-bond donors (Lipinski definition) is 0. The van der Waals surface area contributed by atoms with Crippen LogP contribution < -0.4 is 4.74 Å².